The molecular weight excluding hydrogens is 220 g/mol. The minimum absolute atomic E-state index is 0.699. The summed E-state index contributed by atoms with van der Waals surface area (Å²) < 4.78 is 0. The van der Waals surface area contributed by atoms with Crippen LogP contribution in [0.1, 0.15) is 12.0 Å². The third-order valence-corrected chi connectivity index (χ3v) is 2.62. The highest BCUT2D eigenvalue weighted by Gasteiger charge is 1.93. The average Bonchev–Trinajstić information content (AvgIpc) is 2.42. The summed E-state index contributed by atoms with van der Waals surface area (Å²) in [6.45, 7) is 0.699. The lowest BCUT2D eigenvalue weighted by Crippen LogP contribution is -1.94. The molecule has 18 heavy (non-hydrogen) atoms. The second-order valence-electron chi connectivity index (χ2n) is 4.09. The molecule has 0 saturated heterocycles. The quantitative estimate of drug-likeness (QED) is 0.831. The predicted octanol–water partition coefficient (Wildman–Crippen LogP) is 3.79. The maximum Gasteiger partial charge on any atom is 0.0384 e. The summed E-state index contributed by atoms with van der Waals surface area (Å²) in [7, 11) is 0. The van der Waals surface area contributed by atoms with E-state index >= 15 is 0 Å². The summed E-state index contributed by atoms with van der Waals surface area (Å²) in [5, 5.41) is 3.35. The molecule has 0 bridgehead atoms. The van der Waals surface area contributed by atoms with Gasteiger partial charge in [-0.15, -0.1) is 0 Å². The Morgan fingerprint density at radius 3 is 2.22 bits per heavy atom. The van der Waals surface area contributed by atoms with Crippen LogP contribution in [0.4, 0.5) is 11.4 Å². The van der Waals surface area contributed by atoms with Crippen LogP contribution < -0.4 is 11.1 Å². The van der Waals surface area contributed by atoms with E-state index in [1.165, 1.54) is 5.56 Å². The van der Waals surface area contributed by atoms with Gasteiger partial charge in [0.15, 0.2) is 0 Å². The van der Waals surface area contributed by atoms with E-state index in [4.69, 9.17) is 5.73 Å². The van der Waals surface area contributed by atoms with Crippen LogP contribution in [0.2, 0.25) is 0 Å². The minimum atomic E-state index is 0.699. The Bertz CT molecular complexity index is 486. The monoisotopic (exact) mass is 238 g/mol. The first kappa shape index (κ1) is 12.4. The van der Waals surface area contributed by atoms with E-state index in [9.17, 15) is 0 Å². The van der Waals surface area contributed by atoms with E-state index < -0.39 is 0 Å². The van der Waals surface area contributed by atoms with Crippen molar-refractivity contribution in [2.75, 3.05) is 11.9 Å². The molecule has 0 saturated carbocycles. The lowest BCUT2D eigenvalue weighted by Gasteiger charge is -2.06. The van der Waals surface area contributed by atoms with Gasteiger partial charge in [-0.1, -0.05) is 42.5 Å². The Kier molecular flexibility index (Phi) is 4.56. The molecule has 2 nitrogen and oxygen atoms in total. The molecule has 0 aliphatic rings. The van der Waals surface area contributed by atoms with Crippen molar-refractivity contribution in [1.29, 1.82) is 0 Å². The second kappa shape index (κ2) is 6.62. The largest absolute Gasteiger partial charge is 0.356 e. The van der Waals surface area contributed by atoms with Crippen molar-refractivity contribution in [3.63, 3.8) is 0 Å². The standard InChI is InChI=1S/C16H18N2/c17-13-5-4-6-14-9-11-16(12-10-14)18-15-7-2-1-3-8-15/h1-4,6-12,18H,5,13,17H2. The average molecular weight is 238 g/mol. The van der Waals surface area contributed by atoms with E-state index in [0.717, 1.165) is 17.8 Å². The predicted molar refractivity (Wildman–Crippen MR) is 78.9 cm³/mol. The Hall–Kier alpha value is -2.06. The van der Waals surface area contributed by atoms with E-state index in [1.54, 1.807) is 0 Å². The molecule has 2 rings (SSSR count). The van der Waals surface area contributed by atoms with Gasteiger partial charge in [-0.2, -0.15) is 0 Å². The van der Waals surface area contributed by atoms with Crippen molar-refractivity contribution < 1.29 is 0 Å². The van der Waals surface area contributed by atoms with Crippen molar-refractivity contribution in [3.8, 4) is 0 Å². The van der Waals surface area contributed by atoms with Crippen molar-refractivity contribution in [2.24, 2.45) is 5.73 Å². The van der Waals surface area contributed by atoms with Crippen LogP contribution in [0, 0.1) is 0 Å². The molecule has 0 amide bonds. The van der Waals surface area contributed by atoms with Gasteiger partial charge >= 0.3 is 0 Å². The summed E-state index contributed by atoms with van der Waals surface area (Å²) in [5.41, 5.74) is 8.83. The zero-order valence-electron chi connectivity index (χ0n) is 10.3. The molecule has 0 spiro atoms. The molecule has 0 unspecified atom stereocenters. The van der Waals surface area contributed by atoms with Crippen molar-refractivity contribution >= 4 is 17.5 Å². The lowest BCUT2D eigenvalue weighted by atomic mass is 10.2. The highest BCUT2D eigenvalue weighted by Crippen LogP contribution is 2.17. The number of benzene rings is 2. The fraction of sp³-hybridized carbons (Fsp3) is 0.125. The van der Waals surface area contributed by atoms with Gasteiger partial charge in [0.05, 0.1) is 0 Å². The van der Waals surface area contributed by atoms with Crippen LogP contribution in [0.5, 0.6) is 0 Å². The van der Waals surface area contributed by atoms with E-state index in [1.807, 2.05) is 18.2 Å². The maximum absolute atomic E-state index is 5.44. The third-order valence-electron chi connectivity index (χ3n) is 2.62. The Balaban J connectivity index is 2.00. The van der Waals surface area contributed by atoms with Crippen molar-refractivity contribution in [2.45, 2.75) is 6.42 Å². The summed E-state index contributed by atoms with van der Waals surface area (Å²) in [5.74, 6) is 0. The van der Waals surface area contributed by atoms with Gasteiger partial charge in [-0.25, -0.2) is 0 Å². The third kappa shape index (κ3) is 3.75. The highest BCUT2D eigenvalue weighted by molar-refractivity contribution is 5.62. The molecule has 0 aromatic heterocycles. The fourth-order valence-electron chi connectivity index (χ4n) is 1.68. The molecule has 0 heterocycles. The highest BCUT2D eigenvalue weighted by atomic mass is 14.9. The summed E-state index contributed by atoms with van der Waals surface area (Å²) in [6.07, 6.45) is 5.11. The first-order valence-corrected chi connectivity index (χ1v) is 6.17. The normalized spacial score (nSPS) is 10.7. The van der Waals surface area contributed by atoms with Crippen molar-refractivity contribution in [3.05, 3.63) is 66.2 Å². The first-order valence-electron chi connectivity index (χ1n) is 6.17. The number of anilines is 2. The number of para-hydroxylation sites is 1. The number of nitrogens with one attached hydrogen (secondary N) is 1. The van der Waals surface area contributed by atoms with Gasteiger partial charge in [0.2, 0.25) is 0 Å². The number of hydrogen-bond donors (Lipinski definition) is 2. The Labute approximate surface area is 108 Å². The van der Waals surface area contributed by atoms with Gasteiger partial charge in [0, 0.05) is 11.4 Å². The minimum Gasteiger partial charge on any atom is -0.356 e. The maximum atomic E-state index is 5.44. The molecule has 2 aromatic rings. The smallest absolute Gasteiger partial charge is 0.0384 e. The molecule has 0 aliphatic heterocycles. The zero-order chi connectivity index (χ0) is 12.6. The van der Waals surface area contributed by atoms with Gasteiger partial charge < -0.3 is 11.1 Å². The zero-order valence-corrected chi connectivity index (χ0v) is 10.3. The van der Waals surface area contributed by atoms with E-state index in [-0.39, 0.29) is 0 Å². The number of hydrogen-bond acceptors (Lipinski definition) is 2. The van der Waals surface area contributed by atoms with Crippen LogP contribution in [-0.4, -0.2) is 6.54 Å². The number of rotatable bonds is 5. The molecular formula is C16H18N2. The van der Waals surface area contributed by atoms with Gasteiger partial charge in [-0.05, 0) is 42.8 Å². The molecule has 0 fully saturated rings. The number of nitrogens with two attached hydrogens (primary N) is 1. The molecule has 3 N–H and O–H groups in total. The van der Waals surface area contributed by atoms with Crippen LogP contribution in [0.3, 0.4) is 0 Å². The molecule has 0 radical (unpaired) electrons. The van der Waals surface area contributed by atoms with Crippen molar-refractivity contribution in [1.82, 2.24) is 0 Å². The topological polar surface area (TPSA) is 38.0 Å². The molecule has 92 valence electrons. The van der Waals surface area contributed by atoms with Crippen LogP contribution in [0.25, 0.3) is 6.08 Å². The first-order chi connectivity index (χ1) is 8.88. The SMILES string of the molecule is NCCC=Cc1ccc(Nc2ccccc2)cc1. The molecule has 2 heteroatoms. The summed E-state index contributed by atoms with van der Waals surface area (Å²) in [6, 6.07) is 18.5. The molecule has 2 aromatic carbocycles. The van der Waals surface area contributed by atoms with Crippen LogP contribution >= 0.6 is 0 Å². The summed E-state index contributed by atoms with van der Waals surface area (Å²) in [4.78, 5) is 0. The van der Waals surface area contributed by atoms with Crippen LogP contribution in [0.15, 0.2) is 60.7 Å². The molecule has 0 aliphatic carbocycles. The Morgan fingerprint density at radius 2 is 1.56 bits per heavy atom. The summed E-state index contributed by atoms with van der Waals surface area (Å²) >= 11 is 0. The lowest BCUT2D eigenvalue weighted by molar-refractivity contribution is 1.01. The fourth-order valence-corrected chi connectivity index (χ4v) is 1.68. The molecule has 0 atom stereocenters. The second-order valence-corrected chi connectivity index (χ2v) is 4.09. The van der Waals surface area contributed by atoms with Gasteiger partial charge in [0.1, 0.15) is 0 Å². The van der Waals surface area contributed by atoms with Crippen LogP contribution in [-0.2, 0) is 0 Å². The van der Waals surface area contributed by atoms with E-state index in [2.05, 4.69) is 53.9 Å². The Morgan fingerprint density at radius 1 is 0.889 bits per heavy atom. The van der Waals surface area contributed by atoms with E-state index in [0.29, 0.717) is 6.54 Å². The van der Waals surface area contributed by atoms with Gasteiger partial charge in [0.25, 0.3) is 0 Å². The van der Waals surface area contributed by atoms with Gasteiger partial charge in [-0.3, -0.25) is 0 Å².